The summed E-state index contributed by atoms with van der Waals surface area (Å²) in [6.07, 6.45) is 9.23. The number of amides is 2. The third kappa shape index (κ3) is 10.3. The van der Waals surface area contributed by atoms with Crippen molar-refractivity contribution in [1.29, 1.82) is 0 Å². The van der Waals surface area contributed by atoms with Gasteiger partial charge < -0.3 is 43.4 Å². The van der Waals surface area contributed by atoms with E-state index in [0.717, 1.165) is 140 Å². The summed E-state index contributed by atoms with van der Waals surface area (Å²) in [5.41, 5.74) is 0. The summed E-state index contributed by atoms with van der Waals surface area (Å²) in [5.74, 6) is 3.42. The van der Waals surface area contributed by atoms with E-state index in [1.807, 2.05) is 34.1 Å². The first-order valence-electron chi connectivity index (χ1n) is 18.8. The van der Waals surface area contributed by atoms with E-state index in [1.54, 1.807) is 26.6 Å². The van der Waals surface area contributed by atoms with E-state index in [1.165, 1.54) is 12.8 Å². The Balaban J connectivity index is 0.000000176. The van der Waals surface area contributed by atoms with Crippen molar-refractivity contribution in [3.05, 3.63) is 36.7 Å². The summed E-state index contributed by atoms with van der Waals surface area (Å²) in [4.78, 5) is 46.6. The number of nitrogens with zero attached hydrogens (tertiary/aromatic N) is 8. The molecule has 14 nitrogen and oxygen atoms in total. The Morgan fingerprint density at radius 2 is 1.04 bits per heavy atom. The summed E-state index contributed by atoms with van der Waals surface area (Å²) >= 11 is 0. The van der Waals surface area contributed by atoms with Gasteiger partial charge in [-0.15, -0.1) is 0 Å². The Morgan fingerprint density at radius 1 is 0.608 bits per heavy atom. The van der Waals surface area contributed by atoms with Crippen molar-refractivity contribution in [2.24, 2.45) is 0 Å². The highest BCUT2D eigenvalue weighted by Gasteiger charge is 2.34. The summed E-state index contributed by atoms with van der Waals surface area (Å²) < 4.78 is 21.8. The van der Waals surface area contributed by atoms with Gasteiger partial charge in [-0.1, -0.05) is 6.92 Å². The second kappa shape index (κ2) is 17.9. The van der Waals surface area contributed by atoms with Gasteiger partial charge in [0.2, 0.25) is 0 Å². The summed E-state index contributed by atoms with van der Waals surface area (Å²) in [5, 5.41) is 0. The second-order valence-corrected chi connectivity index (χ2v) is 13.9. The lowest BCUT2D eigenvalue weighted by Gasteiger charge is -2.36. The largest absolute Gasteiger partial charge is 0.495 e. The quantitative estimate of drug-likeness (QED) is 0.397. The molecule has 2 aromatic rings. The molecule has 0 atom stereocenters. The van der Waals surface area contributed by atoms with Crippen molar-refractivity contribution >= 4 is 23.8 Å². The zero-order chi connectivity index (χ0) is 35.6. The molecule has 5 aliphatic rings. The number of piperazine rings is 2. The molecule has 2 amide bonds. The van der Waals surface area contributed by atoms with Gasteiger partial charge in [0.15, 0.2) is 0 Å². The molecule has 0 aromatic carbocycles. The van der Waals surface area contributed by atoms with Crippen LogP contribution in [0.3, 0.4) is 0 Å². The van der Waals surface area contributed by atoms with E-state index < -0.39 is 0 Å². The van der Waals surface area contributed by atoms with Crippen LogP contribution in [-0.4, -0.2) is 159 Å². The van der Waals surface area contributed by atoms with Gasteiger partial charge in [-0.2, -0.15) is 0 Å². The van der Waals surface area contributed by atoms with Crippen molar-refractivity contribution in [2.75, 3.05) is 109 Å². The van der Waals surface area contributed by atoms with Gasteiger partial charge in [0, 0.05) is 110 Å². The Hall–Kier alpha value is -4.04. The van der Waals surface area contributed by atoms with Crippen LogP contribution in [0.4, 0.5) is 21.2 Å². The lowest BCUT2D eigenvalue weighted by molar-refractivity contribution is 0.0365. The molecule has 280 valence electrons. The first-order chi connectivity index (χ1) is 24.9. The monoisotopic (exact) mass is 708 g/mol. The van der Waals surface area contributed by atoms with Crippen molar-refractivity contribution in [1.82, 2.24) is 29.6 Å². The van der Waals surface area contributed by atoms with Crippen LogP contribution < -0.4 is 19.3 Å². The average Bonchev–Trinajstić information content (AvgIpc) is 4.05. The smallest absolute Gasteiger partial charge is 0.410 e. The molecule has 5 fully saturated rings. The van der Waals surface area contributed by atoms with Crippen molar-refractivity contribution < 1.29 is 28.5 Å². The van der Waals surface area contributed by atoms with Gasteiger partial charge in [-0.25, -0.2) is 19.6 Å². The third-order valence-corrected chi connectivity index (χ3v) is 10.7. The van der Waals surface area contributed by atoms with Gasteiger partial charge in [0.25, 0.3) is 0 Å². The van der Waals surface area contributed by atoms with Crippen LogP contribution in [0.5, 0.6) is 11.5 Å². The molecule has 14 heteroatoms. The van der Waals surface area contributed by atoms with Crippen molar-refractivity contribution in [2.45, 2.75) is 63.7 Å². The lowest BCUT2D eigenvalue weighted by Crippen LogP contribution is -2.50. The molecule has 6 heterocycles. The molecule has 0 spiro atoms. The number of aromatic nitrogens is 2. The number of rotatable bonds is 8. The second-order valence-electron chi connectivity index (χ2n) is 13.9. The summed E-state index contributed by atoms with van der Waals surface area (Å²) in [6.45, 7) is 13.6. The maximum absolute atomic E-state index is 12.4. The number of methoxy groups -OCH3 is 2. The molecule has 7 rings (SSSR count). The number of hydrogen-bond acceptors (Lipinski definition) is 12. The number of likely N-dealkylation sites (N-methyl/N-ethyl adjacent to an activating group) is 1. The molecular formula is C37H56N8O6. The van der Waals surface area contributed by atoms with Crippen LogP contribution in [-0.2, 0) is 9.47 Å². The van der Waals surface area contributed by atoms with Crippen LogP contribution in [0.25, 0.3) is 0 Å². The van der Waals surface area contributed by atoms with Crippen LogP contribution in [0.15, 0.2) is 36.7 Å². The first-order valence-corrected chi connectivity index (χ1v) is 18.8. The standard InChI is InChI=1S/C19H28N4O3.C18H28N4O3/c1-25-17-4-5-18(20-14-17)22-8-6-16(7-9-22)26-19(24)23-12-10-21(11-13-23)15-2-3-15;1-3-20-10-12-22(13-11-20)18(23)25-15-6-8-21(9-7-15)17-5-4-16(24-2)14-19-17/h4-5,14-16H,2-3,6-13H2,1H3;4-5,14-15H,3,6-13H2,1-2H3. The van der Waals surface area contributed by atoms with Gasteiger partial charge in [0.1, 0.15) is 35.3 Å². The Labute approximate surface area is 302 Å². The van der Waals surface area contributed by atoms with E-state index in [0.29, 0.717) is 0 Å². The van der Waals surface area contributed by atoms with Crippen molar-refractivity contribution in [3.8, 4) is 11.5 Å². The minimum absolute atomic E-state index is 0.00574. The number of anilines is 2. The Morgan fingerprint density at radius 3 is 1.39 bits per heavy atom. The molecule has 2 aromatic heterocycles. The van der Waals surface area contributed by atoms with Crippen LogP contribution in [0.2, 0.25) is 0 Å². The van der Waals surface area contributed by atoms with Gasteiger partial charge in [-0.3, -0.25) is 4.90 Å². The van der Waals surface area contributed by atoms with E-state index in [2.05, 4.69) is 36.5 Å². The minimum Gasteiger partial charge on any atom is -0.495 e. The van der Waals surface area contributed by atoms with Crippen LogP contribution >= 0.6 is 0 Å². The predicted molar refractivity (Wildman–Crippen MR) is 195 cm³/mol. The molecule has 0 radical (unpaired) electrons. The predicted octanol–water partition coefficient (Wildman–Crippen LogP) is 3.81. The normalized spacial score (nSPS) is 21.1. The van der Waals surface area contributed by atoms with Gasteiger partial charge >= 0.3 is 12.2 Å². The maximum atomic E-state index is 12.4. The summed E-state index contributed by atoms with van der Waals surface area (Å²) in [6, 6.07) is 8.58. The van der Waals surface area contributed by atoms with E-state index in [4.69, 9.17) is 18.9 Å². The van der Waals surface area contributed by atoms with Gasteiger partial charge in [-0.05, 0) is 43.7 Å². The minimum atomic E-state index is -0.156. The highest BCUT2D eigenvalue weighted by atomic mass is 16.6. The zero-order valence-corrected chi connectivity index (χ0v) is 30.7. The van der Waals surface area contributed by atoms with Gasteiger partial charge in [0.05, 0.1) is 26.6 Å². The Bertz CT molecular complexity index is 1360. The van der Waals surface area contributed by atoms with Crippen LogP contribution in [0.1, 0.15) is 45.4 Å². The zero-order valence-electron chi connectivity index (χ0n) is 30.7. The Kier molecular flexibility index (Phi) is 12.9. The fraction of sp³-hybridized carbons (Fsp3) is 0.676. The molecule has 0 unspecified atom stereocenters. The SMILES string of the molecule is CCN1CCN(C(=O)OC2CCN(c3ccc(OC)cn3)CC2)CC1.COc1ccc(N2CCC(OC(=O)N3CCN(C4CC4)CC3)CC2)nc1. The fourth-order valence-electron chi connectivity index (χ4n) is 7.16. The first kappa shape index (κ1) is 36.7. The van der Waals surface area contributed by atoms with E-state index in [9.17, 15) is 9.59 Å². The third-order valence-electron chi connectivity index (χ3n) is 10.7. The highest BCUT2D eigenvalue weighted by molar-refractivity contribution is 5.68. The number of pyridine rings is 2. The summed E-state index contributed by atoms with van der Waals surface area (Å²) in [7, 11) is 3.28. The number of carbonyl (C=O) groups is 2. The number of hydrogen-bond donors (Lipinski definition) is 0. The van der Waals surface area contributed by atoms with E-state index >= 15 is 0 Å². The molecule has 1 saturated carbocycles. The highest BCUT2D eigenvalue weighted by Crippen LogP contribution is 2.28. The topological polar surface area (TPSA) is 116 Å². The molecule has 1 aliphatic carbocycles. The number of carbonyl (C=O) groups excluding carboxylic acids is 2. The molecule has 0 bridgehead atoms. The average molecular weight is 709 g/mol. The fourth-order valence-corrected chi connectivity index (χ4v) is 7.16. The number of piperidine rings is 2. The number of ether oxygens (including phenoxy) is 4. The molecule has 4 aliphatic heterocycles. The molecule has 4 saturated heterocycles. The van der Waals surface area contributed by atoms with E-state index in [-0.39, 0.29) is 24.4 Å². The van der Waals surface area contributed by atoms with Crippen molar-refractivity contribution in [3.63, 3.8) is 0 Å². The molecule has 0 N–H and O–H groups in total. The molecular weight excluding hydrogens is 652 g/mol. The molecule has 51 heavy (non-hydrogen) atoms. The maximum Gasteiger partial charge on any atom is 0.410 e. The van der Waals surface area contributed by atoms with Crippen LogP contribution in [0, 0.1) is 0 Å². The lowest BCUT2D eigenvalue weighted by atomic mass is 10.1.